The Kier molecular flexibility index (Phi) is 4.31. The SMILES string of the molecule is O=C(NCCn1ncccc1=O)C1CC(c2ccco2)NN1. The highest BCUT2D eigenvalue weighted by molar-refractivity contribution is 5.82. The van der Waals surface area contributed by atoms with Gasteiger partial charge in [-0.05, 0) is 24.6 Å². The van der Waals surface area contributed by atoms with Gasteiger partial charge in [-0.3, -0.25) is 9.59 Å². The van der Waals surface area contributed by atoms with Gasteiger partial charge in [-0.2, -0.15) is 5.10 Å². The van der Waals surface area contributed by atoms with E-state index in [1.54, 1.807) is 18.5 Å². The molecule has 22 heavy (non-hydrogen) atoms. The van der Waals surface area contributed by atoms with Gasteiger partial charge in [0.1, 0.15) is 11.8 Å². The highest BCUT2D eigenvalue weighted by Gasteiger charge is 2.31. The molecule has 8 heteroatoms. The van der Waals surface area contributed by atoms with Crippen LogP contribution in [0.4, 0.5) is 0 Å². The lowest BCUT2D eigenvalue weighted by Gasteiger charge is -2.10. The standard InChI is InChI=1S/C14H17N5O3/c20-13-4-1-5-16-19(13)7-6-15-14(21)11-9-10(17-18-11)12-3-2-8-22-12/h1-5,8,10-11,17-18H,6-7,9H2,(H,15,21). The van der Waals surface area contributed by atoms with Crippen molar-refractivity contribution in [2.24, 2.45) is 0 Å². The molecule has 1 amide bonds. The third kappa shape index (κ3) is 3.23. The first-order chi connectivity index (χ1) is 10.7. The van der Waals surface area contributed by atoms with Crippen LogP contribution in [-0.2, 0) is 11.3 Å². The normalized spacial score (nSPS) is 20.9. The molecule has 3 heterocycles. The zero-order valence-electron chi connectivity index (χ0n) is 11.9. The summed E-state index contributed by atoms with van der Waals surface area (Å²) in [4.78, 5) is 23.6. The maximum absolute atomic E-state index is 12.1. The monoisotopic (exact) mass is 303 g/mol. The molecule has 2 aromatic heterocycles. The highest BCUT2D eigenvalue weighted by Crippen LogP contribution is 2.22. The van der Waals surface area contributed by atoms with Crippen molar-refractivity contribution in [1.82, 2.24) is 25.9 Å². The lowest BCUT2D eigenvalue weighted by Crippen LogP contribution is -2.44. The summed E-state index contributed by atoms with van der Waals surface area (Å²) >= 11 is 0. The fraction of sp³-hybridized carbons (Fsp3) is 0.357. The second kappa shape index (κ2) is 6.54. The maximum atomic E-state index is 12.1. The Morgan fingerprint density at radius 2 is 2.32 bits per heavy atom. The van der Waals surface area contributed by atoms with Gasteiger partial charge in [0.2, 0.25) is 5.91 Å². The van der Waals surface area contributed by atoms with Crippen LogP contribution in [0, 0.1) is 0 Å². The number of rotatable bonds is 5. The number of carbonyl (C=O) groups excluding carboxylic acids is 1. The maximum Gasteiger partial charge on any atom is 0.266 e. The summed E-state index contributed by atoms with van der Waals surface area (Å²) in [5.74, 6) is 0.674. The summed E-state index contributed by atoms with van der Waals surface area (Å²) in [5, 5.41) is 6.73. The van der Waals surface area contributed by atoms with Crippen LogP contribution in [0.15, 0.2) is 45.9 Å². The molecule has 1 aliphatic heterocycles. The van der Waals surface area contributed by atoms with Gasteiger partial charge in [-0.25, -0.2) is 15.5 Å². The minimum atomic E-state index is -0.337. The zero-order chi connectivity index (χ0) is 15.4. The summed E-state index contributed by atoms with van der Waals surface area (Å²) in [6.07, 6.45) is 3.75. The molecule has 2 aromatic rings. The summed E-state index contributed by atoms with van der Waals surface area (Å²) in [7, 11) is 0. The smallest absolute Gasteiger partial charge is 0.266 e. The molecule has 0 bridgehead atoms. The Bertz CT molecular complexity index is 682. The van der Waals surface area contributed by atoms with Crippen LogP contribution in [0.5, 0.6) is 0 Å². The Labute approximate surface area is 126 Å². The first-order valence-corrected chi connectivity index (χ1v) is 7.08. The predicted octanol–water partition coefficient (Wildman–Crippen LogP) is -0.440. The molecule has 116 valence electrons. The summed E-state index contributed by atoms with van der Waals surface area (Å²) in [6, 6.07) is 6.34. The van der Waals surface area contributed by atoms with E-state index in [1.807, 2.05) is 12.1 Å². The van der Waals surface area contributed by atoms with E-state index < -0.39 is 0 Å². The van der Waals surface area contributed by atoms with Gasteiger partial charge in [0.05, 0.1) is 18.8 Å². The molecule has 8 nitrogen and oxygen atoms in total. The molecule has 0 aliphatic carbocycles. The van der Waals surface area contributed by atoms with Crippen molar-refractivity contribution in [2.45, 2.75) is 25.0 Å². The van der Waals surface area contributed by atoms with Crippen molar-refractivity contribution >= 4 is 5.91 Å². The van der Waals surface area contributed by atoms with Crippen LogP contribution in [0.25, 0.3) is 0 Å². The van der Waals surface area contributed by atoms with Crippen molar-refractivity contribution in [2.75, 3.05) is 6.54 Å². The minimum absolute atomic E-state index is 0.0239. The number of hydrazine groups is 1. The molecule has 2 unspecified atom stereocenters. The fourth-order valence-electron chi connectivity index (χ4n) is 2.37. The lowest BCUT2D eigenvalue weighted by atomic mass is 10.1. The number of hydrogen-bond acceptors (Lipinski definition) is 6. The van der Waals surface area contributed by atoms with Crippen LogP contribution < -0.4 is 21.7 Å². The molecular weight excluding hydrogens is 286 g/mol. The molecule has 0 saturated carbocycles. The third-order valence-electron chi connectivity index (χ3n) is 3.51. The first kappa shape index (κ1) is 14.5. The highest BCUT2D eigenvalue weighted by atomic mass is 16.3. The summed E-state index contributed by atoms with van der Waals surface area (Å²) < 4.78 is 6.63. The average Bonchev–Trinajstić information content (AvgIpc) is 3.20. The molecule has 3 N–H and O–H groups in total. The van der Waals surface area contributed by atoms with E-state index in [9.17, 15) is 9.59 Å². The van der Waals surface area contributed by atoms with Crippen molar-refractivity contribution in [3.63, 3.8) is 0 Å². The second-order valence-electron chi connectivity index (χ2n) is 5.02. The number of carbonyl (C=O) groups is 1. The van der Waals surface area contributed by atoms with Gasteiger partial charge in [0.15, 0.2) is 0 Å². The van der Waals surface area contributed by atoms with Crippen LogP contribution in [0.2, 0.25) is 0 Å². The summed E-state index contributed by atoms with van der Waals surface area (Å²) in [5.41, 5.74) is 5.80. The number of amides is 1. The molecule has 1 fully saturated rings. The van der Waals surface area contributed by atoms with Crippen LogP contribution in [0.1, 0.15) is 18.2 Å². The quantitative estimate of drug-likeness (QED) is 0.692. The third-order valence-corrected chi connectivity index (χ3v) is 3.51. The number of nitrogens with one attached hydrogen (secondary N) is 3. The van der Waals surface area contributed by atoms with Gasteiger partial charge < -0.3 is 9.73 Å². The van der Waals surface area contributed by atoms with Gasteiger partial charge >= 0.3 is 0 Å². The molecule has 0 aromatic carbocycles. The molecule has 0 radical (unpaired) electrons. The largest absolute Gasteiger partial charge is 0.468 e. The van der Waals surface area contributed by atoms with E-state index in [2.05, 4.69) is 21.3 Å². The van der Waals surface area contributed by atoms with Crippen molar-refractivity contribution in [1.29, 1.82) is 0 Å². The van der Waals surface area contributed by atoms with Crippen LogP contribution in [-0.4, -0.2) is 28.3 Å². The van der Waals surface area contributed by atoms with Crippen LogP contribution >= 0.6 is 0 Å². The average molecular weight is 303 g/mol. The Balaban J connectivity index is 1.47. The van der Waals surface area contributed by atoms with Gasteiger partial charge in [0.25, 0.3) is 5.56 Å². The molecule has 0 spiro atoms. The zero-order valence-corrected chi connectivity index (χ0v) is 11.9. The van der Waals surface area contributed by atoms with E-state index in [0.717, 1.165) is 5.76 Å². The molecule has 2 atom stereocenters. The fourth-order valence-corrected chi connectivity index (χ4v) is 2.37. The number of aromatic nitrogens is 2. The Hall–Kier alpha value is -2.45. The second-order valence-corrected chi connectivity index (χ2v) is 5.02. The first-order valence-electron chi connectivity index (χ1n) is 7.08. The molecule has 1 aliphatic rings. The lowest BCUT2D eigenvalue weighted by molar-refractivity contribution is -0.122. The topological polar surface area (TPSA) is 101 Å². The van der Waals surface area contributed by atoms with E-state index >= 15 is 0 Å². The molecule has 1 saturated heterocycles. The van der Waals surface area contributed by atoms with Gasteiger partial charge in [-0.1, -0.05) is 0 Å². The Morgan fingerprint density at radius 3 is 3.09 bits per heavy atom. The van der Waals surface area contributed by atoms with E-state index in [1.165, 1.54) is 10.7 Å². The minimum Gasteiger partial charge on any atom is -0.468 e. The van der Waals surface area contributed by atoms with Gasteiger partial charge in [-0.15, -0.1) is 0 Å². The van der Waals surface area contributed by atoms with Gasteiger partial charge in [0, 0.05) is 18.8 Å². The Morgan fingerprint density at radius 1 is 1.41 bits per heavy atom. The van der Waals surface area contributed by atoms with Crippen molar-refractivity contribution in [3.05, 3.63) is 52.8 Å². The van der Waals surface area contributed by atoms with Crippen LogP contribution in [0.3, 0.4) is 0 Å². The predicted molar refractivity (Wildman–Crippen MR) is 77.6 cm³/mol. The van der Waals surface area contributed by atoms with E-state index in [4.69, 9.17) is 4.42 Å². The number of hydrogen-bond donors (Lipinski definition) is 3. The van der Waals surface area contributed by atoms with E-state index in [0.29, 0.717) is 19.5 Å². The number of nitrogens with zero attached hydrogens (tertiary/aromatic N) is 2. The molecular formula is C14H17N5O3. The van der Waals surface area contributed by atoms with E-state index in [-0.39, 0.29) is 23.6 Å². The molecule has 3 rings (SSSR count). The van der Waals surface area contributed by atoms with Crippen molar-refractivity contribution in [3.8, 4) is 0 Å². The number of furan rings is 1. The van der Waals surface area contributed by atoms with Crippen molar-refractivity contribution < 1.29 is 9.21 Å². The summed E-state index contributed by atoms with van der Waals surface area (Å²) in [6.45, 7) is 0.687.